The number of nitrogens with two attached hydrogens (primary N) is 3. The van der Waals surface area contributed by atoms with Crippen molar-refractivity contribution in [3.05, 3.63) is 214 Å². The third-order valence-corrected chi connectivity index (χ3v) is 15.1. The van der Waals surface area contributed by atoms with E-state index >= 15 is 0 Å². The summed E-state index contributed by atoms with van der Waals surface area (Å²) in [7, 11) is 0. The fourth-order valence-corrected chi connectivity index (χ4v) is 9.49. The molecule has 0 radical (unpaired) electrons. The maximum Gasteiger partial charge on any atom is 0.407 e. The number of aliphatic hydroxyl groups is 2. The van der Waals surface area contributed by atoms with Gasteiger partial charge in [-0.1, -0.05) is 164 Å². The summed E-state index contributed by atoms with van der Waals surface area (Å²) in [5, 5.41) is 35.4. The van der Waals surface area contributed by atoms with Gasteiger partial charge in [-0.15, -0.1) is 0 Å². The Morgan fingerprint density at radius 2 is 0.523 bits per heavy atom. The Labute approximate surface area is 749 Å². The molecule has 7 amide bonds. The van der Waals surface area contributed by atoms with Crippen molar-refractivity contribution in [1.82, 2.24) is 56.3 Å². The molecule has 0 atom stereocenters. The Bertz CT molecular complexity index is 4270. The van der Waals surface area contributed by atoms with E-state index in [0.29, 0.717) is 78.8 Å². The second-order valence-corrected chi connectivity index (χ2v) is 29.3. The Balaban J connectivity index is 0.000000609. The van der Waals surface area contributed by atoms with Gasteiger partial charge in [-0.3, -0.25) is 9.13 Å². The quantitative estimate of drug-likeness (QED) is 0.00970. The van der Waals surface area contributed by atoms with Gasteiger partial charge in [0.1, 0.15) is 95.5 Å². The molecule has 0 fully saturated rings. The Morgan fingerprint density at radius 3 is 0.719 bits per heavy atom. The number of imidazole rings is 2. The maximum absolute atomic E-state index is 12.0. The van der Waals surface area contributed by atoms with Gasteiger partial charge in [0.2, 0.25) is 0 Å². The third-order valence-electron chi connectivity index (χ3n) is 15.1. The molecule has 0 bridgehead atoms. The lowest BCUT2D eigenvalue weighted by Gasteiger charge is -2.19. The van der Waals surface area contributed by atoms with E-state index in [4.69, 9.17) is 89.0 Å². The fourth-order valence-electron chi connectivity index (χ4n) is 9.49. The summed E-state index contributed by atoms with van der Waals surface area (Å²) in [6.45, 7) is 23.0. The van der Waals surface area contributed by atoms with Crippen LogP contribution in [0.3, 0.4) is 0 Å². The van der Waals surface area contributed by atoms with Crippen LogP contribution in [0.5, 0.6) is 0 Å². The van der Waals surface area contributed by atoms with Crippen LogP contribution >= 0.6 is 0 Å². The fraction of sp³-hybridized carbons (Fsp3) is 0.451. The molecular weight excluding hydrogens is 1660 g/mol. The van der Waals surface area contributed by atoms with Crippen molar-refractivity contribution < 1.29 is 110 Å². The first-order valence-corrected chi connectivity index (χ1v) is 40.6. The van der Waals surface area contributed by atoms with Gasteiger partial charge >= 0.3 is 48.7 Å². The SMILES string of the molecule is C.CC(C)(C)OC(=O)NCc1cccc(CN)c1.CC(C)(C)OC(=O)NCc1cccc(CNC(=O)OCCOCC#CCOCCOC(=O)NCc2cccc(CNC(=O)OC(C)(C)C)c2)c1.NCc1cccc(CNC(=O)OCCOCC#CCOCCOC(=O)NCc2cccc(CN)c2)c1.O=C(n1ccnc1)n1ccnc1.OCCOCC#CCOCCO. The van der Waals surface area contributed by atoms with Crippen molar-refractivity contribution in [2.24, 2.45) is 17.2 Å². The van der Waals surface area contributed by atoms with E-state index in [1.807, 2.05) is 142 Å². The second kappa shape index (κ2) is 67.6. The van der Waals surface area contributed by atoms with Crippen molar-refractivity contribution in [2.75, 3.05) is 119 Å². The highest BCUT2D eigenvalue weighted by atomic mass is 16.6. The molecule has 5 aromatic carbocycles. The zero-order chi connectivity index (χ0) is 93.0. The van der Waals surface area contributed by atoms with Gasteiger partial charge in [0.25, 0.3) is 0 Å². The number of benzene rings is 5. The van der Waals surface area contributed by atoms with Crippen molar-refractivity contribution in [2.45, 2.75) is 152 Å². The number of amides is 7. The highest BCUT2D eigenvalue weighted by Crippen LogP contribution is 2.14. The lowest BCUT2D eigenvalue weighted by Crippen LogP contribution is -2.32. The number of hydrogen-bond donors (Lipinski definition) is 12. The van der Waals surface area contributed by atoms with Gasteiger partial charge in [-0.05, 0) is 118 Å². The van der Waals surface area contributed by atoms with Crippen LogP contribution < -0.4 is 54.4 Å². The van der Waals surface area contributed by atoms with Crippen molar-refractivity contribution in [3.8, 4) is 35.5 Å². The smallest absolute Gasteiger partial charge is 0.407 e. The normalized spacial score (nSPS) is 10.4. The number of alkyl carbamates (subject to hydrolysis) is 7. The minimum atomic E-state index is -0.583. The number of aliphatic hydroxyl groups excluding tert-OH is 2. The van der Waals surface area contributed by atoms with Crippen LogP contribution in [-0.4, -0.2) is 214 Å². The number of rotatable bonds is 39. The number of nitrogens with one attached hydrogen (secondary N) is 7. The molecule has 2 aromatic heterocycles. The van der Waals surface area contributed by atoms with E-state index in [9.17, 15) is 38.4 Å². The summed E-state index contributed by atoms with van der Waals surface area (Å²) in [6, 6.07) is 37.8. The van der Waals surface area contributed by atoms with Gasteiger partial charge in [0.15, 0.2) is 0 Å². The number of hydrogen-bond acceptors (Lipinski definition) is 28. The number of carbonyl (C=O) groups excluding carboxylic acids is 8. The summed E-state index contributed by atoms with van der Waals surface area (Å²) in [5.74, 6) is 16.5. The van der Waals surface area contributed by atoms with Crippen LogP contribution in [0, 0.1) is 35.5 Å². The summed E-state index contributed by atoms with van der Waals surface area (Å²) in [6.07, 6.45) is 5.55. The van der Waals surface area contributed by atoms with Crippen LogP contribution in [0.4, 0.5) is 38.4 Å². The first kappa shape index (κ1) is 111. The molecule has 0 aliphatic carbocycles. The number of nitrogens with zero attached hydrogens (tertiary/aromatic N) is 4. The van der Waals surface area contributed by atoms with Crippen molar-refractivity contribution in [1.29, 1.82) is 0 Å². The van der Waals surface area contributed by atoms with E-state index in [0.717, 1.165) is 55.6 Å². The van der Waals surface area contributed by atoms with Gasteiger partial charge in [-0.25, -0.2) is 48.3 Å². The first-order chi connectivity index (χ1) is 61.0. The molecule has 37 heteroatoms. The lowest BCUT2D eigenvalue weighted by atomic mass is 10.1. The third kappa shape index (κ3) is 60.0. The molecule has 700 valence electrons. The Morgan fingerprint density at radius 1 is 0.320 bits per heavy atom. The molecule has 0 unspecified atom stereocenters. The van der Waals surface area contributed by atoms with Gasteiger partial charge in [-0.2, -0.15) is 0 Å². The van der Waals surface area contributed by atoms with Crippen LogP contribution in [0.1, 0.15) is 125 Å². The molecule has 7 rings (SSSR count). The van der Waals surface area contributed by atoms with Crippen LogP contribution in [0.2, 0.25) is 0 Å². The van der Waals surface area contributed by atoms with E-state index in [-0.39, 0.29) is 119 Å². The lowest BCUT2D eigenvalue weighted by molar-refractivity contribution is 0.0512. The molecule has 0 aliphatic heterocycles. The molecular formula is C91H128N14O23. The summed E-state index contributed by atoms with van der Waals surface area (Å²) in [4.78, 5) is 101. The minimum Gasteiger partial charge on any atom is -0.447 e. The first-order valence-electron chi connectivity index (χ1n) is 40.6. The van der Waals surface area contributed by atoms with E-state index in [1.165, 1.54) is 21.8 Å². The average Bonchev–Trinajstić information content (AvgIpc) is 1.73. The van der Waals surface area contributed by atoms with Gasteiger partial charge in [0, 0.05) is 90.2 Å². The summed E-state index contributed by atoms with van der Waals surface area (Å²) >= 11 is 0. The summed E-state index contributed by atoms with van der Waals surface area (Å²) in [5.41, 5.74) is 24.5. The number of ether oxygens (including phenoxy) is 13. The second-order valence-electron chi connectivity index (χ2n) is 29.3. The Kier molecular flexibility index (Phi) is 58.9. The molecule has 0 aliphatic rings. The van der Waals surface area contributed by atoms with E-state index in [1.54, 1.807) is 66.3 Å². The largest absolute Gasteiger partial charge is 0.447 e. The average molecular weight is 1790 g/mol. The topological polar surface area (TPSA) is 495 Å². The van der Waals surface area contributed by atoms with Gasteiger partial charge < -0.3 is 126 Å². The monoisotopic (exact) mass is 1780 g/mol. The van der Waals surface area contributed by atoms with Crippen molar-refractivity contribution >= 4 is 48.7 Å². The number of carbonyl (C=O) groups is 8. The molecule has 0 spiro atoms. The molecule has 128 heavy (non-hydrogen) atoms. The van der Waals surface area contributed by atoms with Gasteiger partial charge in [0.05, 0.1) is 52.9 Å². The van der Waals surface area contributed by atoms with Crippen LogP contribution in [-0.2, 0) is 127 Å². The Hall–Kier alpha value is -12.7. The van der Waals surface area contributed by atoms with E-state index < -0.39 is 59.5 Å². The molecule has 7 aromatic rings. The summed E-state index contributed by atoms with van der Waals surface area (Å²) < 4.78 is 69.6. The van der Waals surface area contributed by atoms with Crippen LogP contribution in [0.15, 0.2) is 159 Å². The zero-order valence-electron chi connectivity index (χ0n) is 73.8. The molecule has 0 saturated heterocycles. The minimum absolute atomic E-state index is 0. The highest BCUT2D eigenvalue weighted by molar-refractivity contribution is 5.78. The predicted octanol–water partition coefficient (Wildman–Crippen LogP) is 9.13. The van der Waals surface area contributed by atoms with E-state index in [2.05, 4.69) is 82.7 Å². The van der Waals surface area contributed by atoms with Crippen LogP contribution in [0.25, 0.3) is 0 Å². The highest BCUT2D eigenvalue weighted by Gasteiger charge is 2.19. The number of aromatic nitrogens is 4. The standard InChI is InChI=1S/C36H50N4O10.C26H34N4O6.C13H20N2O2.C8H14O4.C7H6N4O.CH4/c1-35(2,3)49-33(43)39-25-29-13-9-11-27(21-29)23-37-31(41)47-19-17-45-15-7-8-16-46-18-20-48-32(42)38-24-28-12-10-14-30(22-28)26-40-34(44)50-36(4,5)6;27-17-21-5-3-7-23(15-21)19-29-25(31)35-13-11-33-9-1-2-10-34-12-14-36-26(32)30-20-24-8-4-6-22(16-24)18-28;1-13(2,3)17-12(16)15-9-11-6-4-5-10(7-11)8-14;9-3-7-11-5-1-2-6-12-8-4-10;12-7(10-3-1-8-5-10)11-4-2-9-6-11;/h9-14,21-22H,15-20,23-26H2,1-6H3,(H,37,41)(H,38,42)(H,39,43)(H,40,44);3-8,15-16H,9-14,17-20,27-28H2,(H,29,31)(H,30,32);4-7H,8-9,14H2,1-3H3,(H,15,16);9-10H,3-8H2;1-6H;1H4. The maximum atomic E-state index is 12.0. The predicted molar refractivity (Wildman–Crippen MR) is 478 cm³/mol. The molecule has 37 nitrogen and oxygen atoms in total. The molecule has 15 N–H and O–H groups in total. The zero-order valence-corrected chi connectivity index (χ0v) is 73.8. The molecule has 2 heterocycles. The van der Waals surface area contributed by atoms with Crippen molar-refractivity contribution in [3.63, 3.8) is 0 Å². The molecule has 0 saturated carbocycles.